The van der Waals surface area contributed by atoms with Gasteiger partial charge >= 0.3 is 0 Å². The van der Waals surface area contributed by atoms with Crippen LogP contribution in [0.1, 0.15) is 11.1 Å². The summed E-state index contributed by atoms with van der Waals surface area (Å²) in [5, 5.41) is 17.3. The van der Waals surface area contributed by atoms with E-state index in [0.29, 0.717) is 0 Å². The van der Waals surface area contributed by atoms with E-state index in [0.717, 1.165) is 60.9 Å². The third-order valence-corrected chi connectivity index (χ3v) is 6.17. The fraction of sp³-hybridized carbons (Fsp3) is 0.200. The maximum Gasteiger partial charge on any atom is 0.115 e. The van der Waals surface area contributed by atoms with Crippen molar-refractivity contribution in [1.82, 2.24) is 15.2 Å². The van der Waals surface area contributed by atoms with Crippen LogP contribution in [0.25, 0.3) is 33.8 Å². The van der Waals surface area contributed by atoms with Crippen LogP contribution in [-0.2, 0) is 11.2 Å². The highest BCUT2D eigenvalue weighted by molar-refractivity contribution is 5.82. The summed E-state index contributed by atoms with van der Waals surface area (Å²) in [5.74, 6) is 0.254. The first-order valence-electron chi connectivity index (χ1n) is 10.6. The van der Waals surface area contributed by atoms with Gasteiger partial charge in [0.05, 0.1) is 30.3 Å². The maximum atomic E-state index is 9.49. The molecule has 2 aliphatic rings. The number of fused-ring (bicyclic) bond motifs is 3. The fourth-order valence-electron chi connectivity index (χ4n) is 4.51. The first-order valence-corrected chi connectivity index (χ1v) is 10.6. The van der Waals surface area contributed by atoms with Crippen molar-refractivity contribution in [2.75, 3.05) is 31.2 Å². The number of hydrogen-bond acceptors (Lipinski definition) is 5. The highest BCUT2D eigenvalue weighted by Gasteiger charge is 2.26. The van der Waals surface area contributed by atoms with Crippen LogP contribution in [0.5, 0.6) is 5.75 Å². The molecular formula is C25H22N4O2. The first-order chi connectivity index (χ1) is 15.3. The van der Waals surface area contributed by atoms with Gasteiger partial charge < -0.3 is 14.7 Å². The fourth-order valence-corrected chi connectivity index (χ4v) is 4.51. The molecule has 1 saturated heterocycles. The van der Waals surface area contributed by atoms with Crippen molar-refractivity contribution in [3.05, 3.63) is 71.9 Å². The van der Waals surface area contributed by atoms with Crippen LogP contribution >= 0.6 is 0 Å². The molecule has 1 aliphatic carbocycles. The summed E-state index contributed by atoms with van der Waals surface area (Å²) in [4.78, 5) is 7.02. The van der Waals surface area contributed by atoms with E-state index in [9.17, 15) is 5.11 Å². The van der Waals surface area contributed by atoms with Gasteiger partial charge in [-0.25, -0.2) is 0 Å². The van der Waals surface area contributed by atoms with Crippen molar-refractivity contribution in [3.8, 4) is 39.5 Å². The van der Waals surface area contributed by atoms with Gasteiger partial charge in [-0.3, -0.25) is 10.1 Å². The average molecular weight is 410 g/mol. The minimum Gasteiger partial charge on any atom is -0.508 e. The Hall–Kier alpha value is -3.64. The molecule has 2 aromatic carbocycles. The zero-order valence-corrected chi connectivity index (χ0v) is 17.0. The Morgan fingerprint density at radius 1 is 0.935 bits per heavy atom. The summed E-state index contributed by atoms with van der Waals surface area (Å²) < 4.78 is 5.49. The van der Waals surface area contributed by atoms with Gasteiger partial charge in [0.25, 0.3) is 0 Å². The van der Waals surface area contributed by atoms with Gasteiger partial charge in [-0.15, -0.1) is 0 Å². The number of H-pyrrole nitrogens is 1. The molecule has 6 nitrogen and oxygen atoms in total. The lowest BCUT2D eigenvalue weighted by atomic mass is 10.1. The summed E-state index contributed by atoms with van der Waals surface area (Å²) in [5.41, 5.74) is 9.98. The van der Waals surface area contributed by atoms with Gasteiger partial charge in [0, 0.05) is 53.6 Å². The standard InChI is InChI=1S/C25H22N4O2/c30-20-5-1-16(2-6-20)23-8-3-17(15-26-23)24-22-14-18-13-19(29-9-11-31-12-10-29)4-7-21(18)25(22)28-27-24/h1-8,13,15,30H,9-12,14H2,(H,27,28). The number of phenols is 1. The maximum absolute atomic E-state index is 9.49. The second kappa shape index (κ2) is 7.25. The number of nitrogens with one attached hydrogen (secondary N) is 1. The third kappa shape index (κ3) is 3.16. The molecule has 0 atom stereocenters. The highest BCUT2D eigenvalue weighted by Crippen LogP contribution is 2.41. The molecular weight excluding hydrogens is 388 g/mol. The van der Waals surface area contributed by atoms with Crippen LogP contribution in [0.4, 0.5) is 5.69 Å². The molecule has 1 aliphatic heterocycles. The molecule has 4 aromatic rings. The summed E-state index contributed by atoms with van der Waals surface area (Å²) in [7, 11) is 0. The van der Waals surface area contributed by atoms with E-state index in [1.165, 1.54) is 22.4 Å². The molecule has 0 amide bonds. The van der Waals surface area contributed by atoms with Crippen LogP contribution in [0.3, 0.4) is 0 Å². The van der Waals surface area contributed by atoms with Gasteiger partial charge in [-0.05, 0) is 54.1 Å². The number of ether oxygens (including phenoxy) is 1. The molecule has 6 heteroatoms. The van der Waals surface area contributed by atoms with E-state index in [4.69, 9.17) is 4.74 Å². The van der Waals surface area contributed by atoms with Gasteiger partial charge in [0.1, 0.15) is 5.75 Å². The Morgan fingerprint density at radius 3 is 2.52 bits per heavy atom. The lowest BCUT2D eigenvalue weighted by molar-refractivity contribution is 0.122. The van der Waals surface area contributed by atoms with Crippen molar-refractivity contribution in [1.29, 1.82) is 0 Å². The number of hydrogen-bond donors (Lipinski definition) is 2. The van der Waals surface area contributed by atoms with Crippen molar-refractivity contribution in [3.63, 3.8) is 0 Å². The SMILES string of the molecule is Oc1ccc(-c2ccc(-c3n[nH]c4c3Cc3cc(N5CCOCC5)ccc3-4)cn2)cc1. The summed E-state index contributed by atoms with van der Waals surface area (Å²) in [6.45, 7) is 3.46. The van der Waals surface area contributed by atoms with E-state index in [2.05, 4.69) is 44.3 Å². The van der Waals surface area contributed by atoms with Crippen molar-refractivity contribution < 1.29 is 9.84 Å². The van der Waals surface area contributed by atoms with E-state index in [1.807, 2.05) is 24.4 Å². The zero-order chi connectivity index (χ0) is 20.8. The van der Waals surface area contributed by atoms with Gasteiger partial charge in [0.2, 0.25) is 0 Å². The number of phenolic OH excluding ortho intramolecular Hbond substituents is 1. The molecule has 1 fully saturated rings. The van der Waals surface area contributed by atoms with E-state index < -0.39 is 0 Å². The zero-order valence-electron chi connectivity index (χ0n) is 17.0. The van der Waals surface area contributed by atoms with Crippen LogP contribution in [0, 0.1) is 0 Å². The van der Waals surface area contributed by atoms with E-state index >= 15 is 0 Å². The Bertz CT molecular complexity index is 1240. The van der Waals surface area contributed by atoms with Crippen molar-refractivity contribution in [2.24, 2.45) is 0 Å². The van der Waals surface area contributed by atoms with Gasteiger partial charge in [-0.2, -0.15) is 5.10 Å². The van der Waals surface area contributed by atoms with Crippen molar-refractivity contribution in [2.45, 2.75) is 6.42 Å². The Kier molecular flexibility index (Phi) is 4.25. The van der Waals surface area contributed by atoms with Crippen LogP contribution < -0.4 is 4.90 Å². The number of rotatable bonds is 3. The largest absolute Gasteiger partial charge is 0.508 e. The molecule has 2 N–H and O–H groups in total. The topological polar surface area (TPSA) is 74.3 Å². The second-order valence-corrected chi connectivity index (χ2v) is 8.02. The molecule has 6 rings (SSSR count). The van der Waals surface area contributed by atoms with Crippen LogP contribution in [-0.4, -0.2) is 46.6 Å². The third-order valence-electron chi connectivity index (χ3n) is 6.17. The molecule has 0 spiro atoms. The minimum atomic E-state index is 0.254. The van der Waals surface area contributed by atoms with E-state index in [-0.39, 0.29) is 5.75 Å². The Balaban J connectivity index is 1.29. The van der Waals surface area contributed by atoms with Gasteiger partial charge in [-0.1, -0.05) is 6.07 Å². The molecule has 0 unspecified atom stereocenters. The number of benzene rings is 2. The van der Waals surface area contributed by atoms with Crippen LogP contribution in [0.2, 0.25) is 0 Å². The number of anilines is 1. The van der Waals surface area contributed by atoms with E-state index in [1.54, 1.807) is 12.1 Å². The number of nitrogens with zero attached hydrogens (tertiary/aromatic N) is 3. The normalized spacial score (nSPS) is 15.0. The molecule has 0 bridgehead atoms. The number of morpholine rings is 1. The molecule has 31 heavy (non-hydrogen) atoms. The van der Waals surface area contributed by atoms with Gasteiger partial charge in [0.15, 0.2) is 0 Å². The minimum absolute atomic E-state index is 0.254. The molecule has 154 valence electrons. The second-order valence-electron chi connectivity index (χ2n) is 8.02. The molecule has 0 radical (unpaired) electrons. The van der Waals surface area contributed by atoms with Crippen LogP contribution in [0.15, 0.2) is 60.8 Å². The summed E-state index contributed by atoms with van der Waals surface area (Å²) in [6.07, 6.45) is 2.75. The number of aromatic amines is 1. The van der Waals surface area contributed by atoms with Crippen molar-refractivity contribution >= 4 is 5.69 Å². The number of aromatic nitrogens is 3. The quantitative estimate of drug-likeness (QED) is 0.465. The summed E-state index contributed by atoms with van der Waals surface area (Å²) in [6, 6.07) is 17.9. The molecule has 3 heterocycles. The average Bonchev–Trinajstić information content (AvgIpc) is 3.39. The highest BCUT2D eigenvalue weighted by atomic mass is 16.5. The lowest BCUT2D eigenvalue weighted by Gasteiger charge is -2.29. The Labute approximate surface area is 180 Å². The smallest absolute Gasteiger partial charge is 0.115 e. The molecule has 2 aromatic heterocycles. The predicted molar refractivity (Wildman–Crippen MR) is 120 cm³/mol. The Morgan fingerprint density at radius 2 is 1.74 bits per heavy atom. The number of aromatic hydroxyl groups is 1. The molecule has 0 saturated carbocycles. The lowest BCUT2D eigenvalue weighted by Crippen LogP contribution is -2.36. The monoisotopic (exact) mass is 410 g/mol. The predicted octanol–water partition coefficient (Wildman–Crippen LogP) is 4.25. The number of pyridine rings is 1. The first kappa shape index (κ1) is 18.2. The summed E-state index contributed by atoms with van der Waals surface area (Å²) >= 11 is 0.